The Labute approximate surface area is 233 Å². The number of thiazole rings is 1. The fourth-order valence-corrected chi connectivity index (χ4v) is 5.44. The molecule has 0 fully saturated rings. The standard InChI is InChI=1S/C33H31N3O2S/c1-35(20-26-12-14-28(15-13-26)27-10-6-3-7-11-27)30-18-16-29(17-19-30)31-24-39-32(34-31)22-36(23-33(37)38)21-25-8-4-2-5-9-25/h2-19,24H,20-23H2,1H3,(H,37,38). The molecule has 0 aliphatic carbocycles. The fourth-order valence-electron chi connectivity index (χ4n) is 4.59. The van der Waals surface area contributed by atoms with Gasteiger partial charge < -0.3 is 10.0 Å². The zero-order valence-corrected chi connectivity index (χ0v) is 22.7. The Balaban J connectivity index is 1.21. The Morgan fingerprint density at radius 1 is 0.718 bits per heavy atom. The molecule has 0 unspecified atom stereocenters. The van der Waals surface area contributed by atoms with Gasteiger partial charge in [0.25, 0.3) is 0 Å². The van der Waals surface area contributed by atoms with Gasteiger partial charge in [-0.1, -0.05) is 97.1 Å². The van der Waals surface area contributed by atoms with Crippen LogP contribution in [-0.4, -0.2) is 34.6 Å². The Bertz CT molecular complexity index is 1480. The van der Waals surface area contributed by atoms with Crippen LogP contribution < -0.4 is 4.90 Å². The van der Waals surface area contributed by atoms with Crippen molar-refractivity contribution in [2.75, 3.05) is 18.5 Å². The summed E-state index contributed by atoms with van der Waals surface area (Å²) in [6.07, 6.45) is 0. The number of carbonyl (C=O) groups is 1. The molecule has 1 heterocycles. The van der Waals surface area contributed by atoms with E-state index >= 15 is 0 Å². The van der Waals surface area contributed by atoms with E-state index in [2.05, 4.69) is 84.7 Å². The van der Waals surface area contributed by atoms with E-state index in [1.807, 2.05) is 46.7 Å². The molecule has 5 rings (SSSR count). The number of anilines is 1. The first-order valence-electron chi connectivity index (χ1n) is 12.9. The molecule has 0 bridgehead atoms. The van der Waals surface area contributed by atoms with E-state index < -0.39 is 5.97 Å². The van der Waals surface area contributed by atoms with Crippen LogP contribution in [0.3, 0.4) is 0 Å². The lowest BCUT2D eigenvalue weighted by molar-refractivity contribution is -0.138. The highest BCUT2D eigenvalue weighted by molar-refractivity contribution is 7.09. The molecule has 4 aromatic carbocycles. The van der Waals surface area contributed by atoms with Crippen LogP contribution in [-0.2, 0) is 24.4 Å². The fraction of sp³-hybridized carbons (Fsp3) is 0.152. The number of carboxylic acid groups (broad SMARTS) is 1. The molecule has 1 N–H and O–H groups in total. The smallest absolute Gasteiger partial charge is 0.317 e. The quantitative estimate of drug-likeness (QED) is 0.195. The second-order valence-electron chi connectivity index (χ2n) is 9.62. The first-order valence-corrected chi connectivity index (χ1v) is 13.8. The van der Waals surface area contributed by atoms with Gasteiger partial charge in [-0.25, -0.2) is 4.98 Å². The molecule has 0 atom stereocenters. The average Bonchev–Trinajstić information content (AvgIpc) is 3.42. The summed E-state index contributed by atoms with van der Waals surface area (Å²) >= 11 is 1.57. The number of hydrogen-bond donors (Lipinski definition) is 1. The van der Waals surface area contributed by atoms with Crippen LogP contribution in [0.25, 0.3) is 22.4 Å². The monoisotopic (exact) mass is 533 g/mol. The SMILES string of the molecule is CN(Cc1ccc(-c2ccccc2)cc1)c1ccc(-c2csc(CN(CC(=O)O)Cc3ccccc3)n2)cc1. The maximum atomic E-state index is 11.4. The predicted molar refractivity (Wildman–Crippen MR) is 160 cm³/mol. The van der Waals surface area contributed by atoms with Crippen molar-refractivity contribution in [3.63, 3.8) is 0 Å². The summed E-state index contributed by atoms with van der Waals surface area (Å²) in [5, 5.41) is 12.3. The maximum Gasteiger partial charge on any atom is 0.317 e. The van der Waals surface area contributed by atoms with Gasteiger partial charge in [-0.3, -0.25) is 9.69 Å². The molecular weight excluding hydrogens is 502 g/mol. The van der Waals surface area contributed by atoms with E-state index in [0.29, 0.717) is 13.1 Å². The largest absolute Gasteiger partial charge is 0.480 e. The molecule has 5 nitrogen and oxygen atoms in total. The summed E-state index contributed by atoms with van der Waals surface area (Å²) in [6, 6.07) is 37.5. The number of benzene rings is 4. The van der Waals surface area contributed by atoms with Crippen molar-refractivity contribution in [2.45, 2.75) is 19.6 Å². The van der Waals surface area contributed by atoms with E-state index in [9.17, 15) is 9.90 Å². The zero-order chi connectivity index (χ0) is 27.0. The van der Waals surface area contributed by atoms with Gasteiger partial charge in [0.05, 0.1) is 18.8 Å². The van der Waals surface area contributed by atoms with Crippen LogP contribution in [0.15, 0.2) is 115 Å². The summed E-state index contributed by atoms with van der Waals surface area (Å²) in [7, 11) is 2.10. The van der Waals surface area contributed by atoms with Gasteiger partial charge in [0.2, 0.25) is 0 Å². The van der Waals surface area contributed by atoms with Crippen LogP contribution in [0.4, 0.5) is 5.69 Å². The molecule has 1 aromatic heterocycles. The third kappa shape index (κ3) is 7.19. The van der Waals surface area contributed by atoms with Crippen molar-refractivity contribution in [1.29, 1.82) is 0 Å². The highest BCUT2D eigenvalue weighted by Gasteiger charge is 2.14. The van der Waals surface area contributed by atoms with Crippen molar-refractivity contribution in [1.82, 2.24) is 9.88 Å². The van der Waals surface area contributed by atoms with Gasteiger partial charge in [-0.2, -0.15) is 0 Å². The third-order valence-corrected chi connectivity index (χ3v) is 7.44. The number of nitrogens with zero attached hydrogens (tertiary/aromatic N) is 3. The average molecular weight is 534 g/mol. The lowest BCUT2D eigenvalue weighted by Gasteiger charge is -2.20. The summed E-state index contributed by atoms with van der Waals surface area (Å²) in [5.41, 5.74) is 7.89. The van der Waals surface area contributed by atoms with Crippen LogP contribution in [0.5, 0.6) is 0 Å². The van der Waals surface area contributed by atoms with Gasteiger partial charge in [0.15, 0.2) is 0 Å². The first kappa shape index (κ1) is 26.4. The molecule has 0 radical (unpaired) electrons. The molecule has 0 saturated carbocycles. The predicted octanol–water partition coefficient (Wildman–Crippen LogP) is 7.20. The number of rotatable bonds is 11. The lowest BCUT2D eigenvalue weighted by atomic mass is 10.0. The Hall–Kier alpha value is -4.26. The number of aromatic nitrogens is 1. The summed E-state index contributed by atoms with van der Waals surface area (Å²) < 4.78 is 0. The van der Waals surface area contributed by atoms with Crippen LogP contribution >= 0.6 is 11.3 Å². The number of carboxylic acids is 1. The summed E-state index contributed by atoms with van der Waals surface area (Å²) in [5.74, 6) is -0.838. The van der Waals surface area contributed by atoms with Crippen molar-refractivity contribution in [3.8, 4) is 22.4 Å². The maximum absolute atomic E-state index is 11.4. The summed E-state index contributed by atoms with van der Waals surface area (Å²) in [4.78, 5) is 20.4. The van der Waals surface area contributed by atoms with Crippen molar-refractivity contribution < 1.29 is 9.90 Å². The second-order valence-corrected chi connectivity index (χ2v) is 10.6. The second kappa shape index (κ2) is 12.5. The van der Waals surface area contributed by atoms with Crippen molar-refractivity contribution in [2.24, 2.45) is 0 Å². The van der Waals surface area contributed by atoms with E-state index in [1.54, 1.807) is 11.3 Å². The highest BCUT2D eigenvalue weighted by atomic mass is 32.1. The Morgan fingerprint density at radius 3 is 1.97 bits per heavy atom. The molecule has 0 saturated heterocycles. The molecule has 0 amide bonds. The van der Waals surface area contributed by atoms with E-state index in [-0.39, 0.29) is 6.54 Å². The molecule has 0 aliphatic heterocycles. The Kier molecular flexibility index (Phi) is 8.46. The minimum absolute atomic E-state index is 0.0280. The van der Waals surface area contributed by atoms with Crippen molar-refractivity contribution in [3.05, 3.63) is 131 Å². The molecule has 196 valence electrons. The molecule has 0 aliphatic rings. The molecular formula is C33H31N3O2S. The van der Waals surface area contributed by atoms with E-state index in [0.717, 1.165) is 34.1 Å². The minimum atomic E-state index is -0.838. The number of hydrogen-bond acceptors (Lipinski definition) is 5. The van der Waals surface area contributed by atoms with Crippen LogP contribution in [0.2, 0.25) is 0 Å². The van der Waals surface area contributed by atoms with Crippen molar-refractivity contribution >= 4 is 23.0 Å². The lowest BCUT2D eigenvalue weighted by Crippen LogP contribution is -2.28. The minimum Gasteiger partial charge on any atom is -0.480 e. The van der Waals surface area contributed by atoms with Crippen LogP contribution in [0, 0.1) is 0 Å². The van der Waals surface area contributed by atoms with Gasteiger partial charge in [0.1, 0.15) is 5.01 Å². The Morgan fingerprint density at radius 2 is 1.31 bits per heavy atom. The van der Waals surface area contributed by atoms with Gasteiger partial charge in [-0.05, 0) is 34.4 Å². The molecule has 6 heteroatoms. The van der Waals surface area contributed by atoms with Crippen LogP contribution in [0.1, 0.15) is 16.1 Å². The van der Waals surface area contributed by atoms with E-state index in [4.69, 9.17) is 4.98 Å². The van der Waals surface area contributed by atoms with Gasteiger partial charge >= 0.3 is 5.97 Å². The normalized spacial score (nSPS) is 11.0. The summed E-state index contributed by atoms with van der Waals surface area (Å²) in [6.45, 7) is 1.85. The topological polar surface area (TPSA) is 56.7 Å². The van der Waals surface area contributed by atoms with Gasteiger partial charge in [0, 0.05) is 36.8 Å². The molecule has 39 heavy (non-hydrogen) atoms. The zero-order valence-electron chi connectivity index (χ0n) is 21.9. The highest BCUT2D eigenvalue weighted by Crippen LogP contribution is 2.26. The van der Waals surface area contributed by atoms with E-state index in [1.165, 1.54) is 16.7 Å². The first-order chi connectivity index (χ1) is 19.0. The number of aliphatic carboxylic acids is 1. The molecule has 0 spiro atoms. The molecule has 5 aromatic rings. The third-order valence-electron chi connectivity index (χ3n) is 6.60. The van der Waals surface area contributed by atoms with Gasteiger partial charge in [-0.15, -0.1) is 11.3 Å².